The van der Waals surface area contributed by atoms with Crippen LogP contribution in [-0.4, -0.2) is 24.7 Å². The Bertz CT molecular complexity index is 818. The van der Waals surface area contributed by atoms with Crippen molar-refractivity contribution >= 4 is 37.7 Å². The summed E-state index contributed by atoms with van der Waals surface area (Å²) in [5, 5.41) is 12.3. The minimum absolute atomic E-state index is 0.109. The second kappa shape index (κ2) is 5.45. The lowest BCUT2D eigenvalue weighted by molar-refractivity contribution is 0.0691. The van der Waals surface area contributed by atoms with Crippen LogP contribution in [0.25, 0.3) is 0 Å². The third kappa shape index (κ3) is 3.22. The molecule has 0 aliphatic rings. The van der Waals surface area contributed by atoms with Gasteiger partial charge in [0.1, 0.15) is 10.7 Å². The first-order valence-corrected chi connectivity index (χ1v) is 7.67. The molecule has 0 bridgehead atoms. The summed E-state index contributed by atoms with van der Waals surface area (Å²) in [4.78, 5) is 10.1. The van der Waals surface area contributed by atoms with E-state index in [2.05, 4.69) is 25.6 Å². The molecule has 21 heavy (non-hydrogen) atoms. The third-order valence-electron chi connectivity index (χ3n) is 2.39. The van der Waals surface area contributed by atoms with Gasteiger partial charge in [0, 0.05) is 10.5 Å². The van der Waals surface area contributed by atoms with Gasteiger partial charge in [0.2, 0.25) is 0 Å². The SMILES string of the molecule is Cc1cc(NS(=O)(=O)c2cc(Br)cc(C(=O)O)c2F)no1. The fraction of sp³-hybridized carbons (Fsp3) is 0.0909. The zero-order valence-corrected chi connectivity index (χ0v) is 12.8. The molecule has 0 aliphatic heterocycles. The third-order valence-corrected chi connectivity index (χ3v) is 4.20. The first-order valence-electron chi connectivity index (χ1n) is 5.39. The van der Waals surface area contributed by atoms with Crippen LogP contribution in [0.4, 0.5) is 10.2 Å². The van der Waals surface area contributed by atoms with Gasteiger partial charge in [0.25, 0.3) is 10.0 Å². The van der Waals surface area contributed by atoms with Gasteiger partial charge in [-0.05, 0) is 19.1 Å². The predicted octanol–water partition coefficient (Wildman–Crippen LogP) is 2.38. The van der Waals surface area contributed by atoms with Crippen molar-refractivity contribution in [2.75, 3.05) is 4.72 Å². The topological polar surface area (TPSA) is 110 Å². The molecular formula is C11H8BrFN2O5S. The molecule has 1 aromatic carbocycles. The molecule has 2 rings (SSSR count). The Morgan fingerprint density at radius 1 is 1.43 bits per heavy atom. The maximum Gasteiger partial charge on any atom is 0.338 e. The largest absolute Gasteiger partial charge is 0.478 e. The smallest absolute Gasteiger partial charge is 0.338 e. The molecule has 0 fully saturated rings. The average Bonchev–Trinajstić information content (AvgIpc) is 2.76. The van der Waals surface area contributed by atoms with Gasteiger partial charge < -0.3 is 9.63 Å². The van der Waals surface area contributed by atoms with E-state index in [1.165, 1.54) is 6.07 Å². The van der Waals surface area contributed by atoms with Gasteiger partial charge in [0.15, 0.2) is 11.6 Å². The molecule has 0 saturated carbocycles. The van der Waals surface area contributed by atoms with Crippen molar-refractivity contribution in [1.82, 2.24) is 5.16 Å². The van der Waals surface area contributed by atoms with Crippen LogP contribution in [0.15, 0.2) is 32.1 Å². The molecule has 1 aromatic heterocycles. The number of anilines is 1. The summed E-state index contributed by atoms with van der Waals surface area (Å²) in [6.45, 7) is 1.55. The van der Waals surface area contributed by atoms with Gasteiger partial charge in [-0.1, -0.05) is 21.1 Å². The molecule has 0 radical (unpaired) electrons. The van der Waals surface area contributed by atoms with E-state index in [1.54, 1.807) is 6.92 Å². The monoisotopic (exact) mass is 378 g/mol. The lowest BCUT2D eigenvalue weighted by Gasteiger charge is -2.08. The van der Waals surface area contributed by atoms with Crippen LogP contribution >= 0.6 is 15.9 Å². The van der Waals surface area contributed by atoms with Crippen LogP contribution < -0.4 is 4.72 Å². The van der Waals surface area contributed by atoms with Crippen molar-refractivity contribution in [1.29, 1.82) is 0 Å². The highest BCUT2D eigenvalue weighted by Gasteiger charge is 2.26. The fourth-order valence-electron chi connectivity index (χ4n) is 1.52. The van der Waals surface area contributed by atoms with Crippen molar-refractivity contribution in [3.63, 3.8) is 0 Å². The number of aryl methyl sites for hydroxylation is 1. The standard InChI is InChI=1S/C11H8BrFN2O5S/c1-5-2-9(14-20-5)15-21(18,19)8-4-6(12)3-7(10(8)13)11(16)17/h2-4H,1H3,(H,14,15)(H,16,17). The van der Waals surface area contributed by atoms with Gasteiger partial charge in [-0.3, -0.25) is 4.72 Å². The number of aromatic carboxylic acids is 1. The molecule has 0 unspecified atom stereocenters. The summed E-state index contributed by atoms with van der Waals surface area (Å²) in [6, 6.07) is 3.22. The molecule has 2 N–H and O–H groups in total. The van der Waals surface area contributed by atoms with Crippen molar-refractivity contribution in [3.8, 4) is 0 Å². The van der Waals surface area contributed by atoms with Crippen LogP contribution in [-0.2, 0) is 10.0 Å². The Balaban J connectivity index is 2.52. The average molecular weight is 379 g/mol. The van der Waals surface area contributed by atoms with Crippen molar-refractivity contribution in [3.05, 3.63) is 39.8 Å². The van der Waals surface area contributed by atoms with Gasteiger partial charge in [-0.2, -0.15) is 0 Å². The fourth-order valence-corrected chi connectivity index (χ4v) is 3.24. The Labute approximate surface area is 126 Å². The maximum atomic E-state index is 14.0. The zero-order valence-electron chi connectivity index (χ0n) is 10.4. The molecule has 7 nitrogen and oxygen atoms in total. The van der Waals surface area contributed by atoms with Gasteiger partial charge in [0.05, 0.1) is 5.56 Å². The number of halogens is 2. The van der Waals surface area contributed by atoms with Crippen LogP contribution in [0.1, 0.15) is 16.1 Å². The number of hydrogen-bond donors (Lipinski definition) is 2. The molecule has 112 valence electrons. The summed E-state index contributed by atoms with van der Waals surface area (Å²) in [5.41, 5.74) is -0.763. The quantitative estimate of drug-likeness (QED) is 0.844. The number of carbonyl (C=O) groups is 1. The van der Waals surface area contributed by atoms with E-state index in [9.17, 15) is 17.6 Å². The summed E-state index contributed by atoms with van der Waals surface area (Å²) < 4.78 is 45.1. The van der Waals surface area contributed by atoms with Crippen LogP contribution in [0, 0.1) is 12.7 Å². The van der Waals surface area contributed by atoms with E-state index in [0.29, 0.717) is 5.76 Å². The van der Waals surface area contributed by atoms with E-state index in [0.717, 1.165) is 12.1 Å². The summed E-state index contributed by atoms with van der Waals surface area (Å²) >= 11 is 2.94. The van der Waals surface area contributed by atoms with E-state index in [4.69, 9.17) is 5.11 Å². The van der Waals surface area contributed by atoms with Crippen LogP contribution in [0.5, 0.6) is 0 Å². The Hall–Kier alpha value is -1.94. The predicted molar refractivity (Wildman–Crippen MR) is 73.1 cm³/mol. The number of carboxylic acid groups (broad SMARTS) is 1. The highest BCUT2D eigenvalue weighted by molar-refractivity contribution is 9.10. The maximum absolute atomic E-state index is 14.0. The van der Waals surface area contributed by atoms with Crippen molar-refractivity contribution < 1.29 is 27.2 Å². The first kappa shape index (κ1) is 15.4. The Kier molecular flexibility index (Phi) is 4.01. The Morgan fingerprint density at radius 2 is 2.10 bits per heavy atom. The molecule has 0 saturated heterocycles. The lowest BCUT2D eigenvalue weighted by atomic mass is 10.2. The number of aromatic nitrogens is 1. The number of nitrogens with zero attached hydrogens (tertiary/aromatic N) is 1. The summed E-state index contributed by atoms with van der Waals surface area (Å²) in [5.74, 6) is -2.72. The van der Waals surface area contributed by atoms with Gasteiger partial charge in [-0.15, -0.1) is 0 Å². The number of benzene rings is 1. The molecule has 0 spiro atoms. The second-order valence-corrected chi connectivity index (χ2v) is 6.57. The van der Waals surface area contributed by atoms with Crippen LogP contribution in [0.3, 0.4) is 0 Å². The number of nitrogens with one attached hydrogen (secondary N) is 1. The minimum Gasteiger partial charge on any atom is -0.478 e. The molecular weight excluding hydrogens is 371 g/mol. The van der Waals surface area contributed by atoms with Crippen molar-refractivity contribution in [2.24, 2.45) is 0 Å². The van der Waals surface area contributed by atoms with E-state index in [-0.39, 0.29) is 10.3 Å². The molecule has 0 amide bonds. The zero-order chi connectivity index (χ0) is 15.8. The molecule has 1 heterocycles. The number of hydrogen-bond acceptors (Lipinski definition) is 5. The minimum atomic E-state index is -4.35. The van der Waals surface area contributed by atoms with Crippen LogP contribution in [0.2, 0.25) is 0 Å². The molecule has 0 aliphatic carbocycles. The van der Waals surface area contributed by atoms with E-state index >= 15 is 0 Å². The highest BCUT2D eigenvalue weighted by atomic mass is 79.9. The molecule has 2 aromatic rings. The van der Waals surface area contributed by atoms with E-state index < -0.39 is 32.3 Å². The number of carboxylic acids is 1. The number of rotatable bonds is 4. The van der Waals surface area contributed by atoms with Gasteiger partial charge in [-0.25, -0.2) is 17.6 Å². The normalized spacial score (nSPS) is 11.4. The van der Waals surface area contributed by atoms with E-state index in [1.807, 2.05) is 4.72 Å². The molecule has 0 atom stereocenters. The van der Waals surface area contributed by atoms with Gasteiger partial charge >= 0.3 is 5.97 Å². The first-order chi connectivity index (χ1) is 9.70. The molecule has 10 heteroatoms. The lowest BCUT2D eigenvalue weighted by Crippen LogP contribution is -2.17. The number of sulfonamides is 1. The Morgan fingerprint density at radius 3 is 2.62 bits per heavy atom. The summed E-state index contributed by atoms with van der Waals surface area (Å²) in [6.07, 6.45) is 0. The second-order valence-electron chi connectivity index (χ2n) is 4.00. The van der Waals surface area contributed by atoms with Crippen molar-refractivity contribution in [2.45, 2.75) is 11.8 Å². The summed E-state index contributed by atoms with van der Waals surface area (Å²) in [7, 11) is -4.35. The highest BCUT2D eigenvalue weighted by Crippen LogP contribution is 2.26.